The van der Waals surface area contributed by atoms with Crippen molar-refractivity contribution >= 4 is 23.0 Å². The maximum absolute atomic E-state index is 12.6. The zero-order valence-electron chi connectivity index (χ0n) is 13.9. The van der Waals surface area contributed by atoms with E-state index in [1.54, 1.807) is 7.11 Å². The number of ether oxygens (including phenoxy) is 1. The Kier molecular flexibility index (Phi) is 6.25. The smallest absolute Gasteiger partial charge is 0.416 e. The van der Waals surface area contributed by atoms with Crippen molar-refractivity contribution in [2.24, 2.45) is 0 Å². The second-order valence-corrected chi connectivity index (χ2v) is 5.82. The molecule has 0 amide bonds. The fourth-order valence-electron chi connectivity index (χ4n) is 2.33. The summed E-state index contributed by atoms with van der Waals surface area (Å²) in [4.78, 5) is 0. The Bertz CT molecular complexity index is 700. The largest absolute Gasteiger partial charge is 0.497 e. The lowest BCUT2D eigenvalue weighted by atomic mass is 10.0. The van der Waals surface area contributed by atoms with Crippen LogP contribution in [0.4, 0.5) is 18.9 Å². The summed E-state index contributed by atoms with van der Waals surface area (Å²) in [6.45, 7) is 2.02. The first-order valence-corrected chi connectivity index (χ1v) is 8.13. The Hall–Kier alpha value is -2.28. The van der Waals surface area contributed by atoms with Gasteiger partial charge in [0.05, 0.1) is 18.7 Å². The molecule has 0 fully saturated rings. The topological polar surface area (TPSA) is 33.3 Å². The summed E-state index contributed by atoms with van der Waals surface area (Å²) in [6, 6.07) is 12.4. The molecule has 0 saturated heterocycles. The number of methoxy groups -OCH3 is 1. The third kappa shape index (κ3) is 5.35. The van der Waals surface area contributed by atoms with E-state index in [0.29, 0.717) is 10.8 Å². The van der Waals surface area contributed by atoms with Gasteiger partial charge in [0.1, 0.15) is 5.75 Å². The Balaban J connectivity index is 1.99. The van der Waals surface area contributed by atoms with E-state index in [2.05, 4.69) is 10.6 Å². The van der Waals surface area contributed by atoms with Gasteiger partial charge in [-0.1, -0.05) is 19.1 Å². The number of halogens is 3. The second-order valence-electron chi connectivity index (χ2n) is 5.41. The van der Waals surface area contributed by atoms with Crippen LogP contribution < -0.4 is 15.4 Å². The van der Waals surface area contributed by atoms with E-state index in [0.717, 1.165) is 29.9 Å². The van der Waals surface area contributed by atoms with Gasteiger partial charge in [-0.2, -0.15) is 13.2 Å². The minimum absolute atomic E-state index is 0.0136. The maximum atomic E-state index is 12.6. The lowest BCUT2D eigenvalue weighted by Gasteiger charge is -2.20. The first-order chi connectivity index (χ1) is 11.8. The van der Waals surface area contributed by atoms with E-state index in [4.69, 9.17) is 17.0 Å². The summed E-state index contributed by atoms with van der Waals surface area (Å²) in [5.74, 6) is 0.768. The third-order valence-electron chi connectivity index (χ3n) is 3.70. The third-order valence-corrected chi connectivity index (χ3v) is 3.92. The fraction of sp³-hybridized carbons (Fsp3) is 0.278. The van der Waals surface area contributed by atoms with Gasteiger partial charge >= 0.3 is 6.18 Å². The van der Waals surface area contributed by atoms with Gasteiger partial charge in [0, 0.05) is 5.69 Å². The Morgan fingerprint density at radius 3 is 2.16 bits per heavy atom. The summed E-state index contributed by atoms with van der Waals surface area (Å²) < 4.78 is 42.9. The van der Waals surface area contributed by atoms with Gasteiger partial charge in [-0.3, -0.25) is 0 Å². The highest BCUT2D eigenvalue weighted by molar-refractivity contribution is 7.80. The molecule has 0 aliphatic carbocycles. The molecule has 0 aliphatic heterocycles. The van der Waals surface area contributed by atoms with Crippen LogP contribution in [0.15, 0.2) is 48.5 Å². The molecule has 7 heteroatoms. The van der Waals surface area contributed by atoms with Crippen LogP contribution in [-0.2, 0) is 6.18 Å². The molecule has 0 aliphatic rings. The van der Waals surface area contributed by atoms with E-state index in [1.807, 2.05) is 31.2 Å². The molecular weight excluding hydrogens is 349 g/mol. The van der Waals surface area contributed by atoms with E-state index in [-0.39, 0.29) is 6.04 Å². The molecule has 2 rings (SSSR count). The van der Waals surface area contributed by atoms with Crippen molar-refractivity contribution in [3.8, 4) is 5.75 Å². The molecule has 0 aromatic heterocycles. The minimum Gasteiger partial charge on any atom is -0.497 e. The molecule has 2 aromatic rings. The average Bonchev–Trinajstić information content (AvgIpc) is 2.59. The monoisotopic (exact) mass is 368 g/mol. The maximum Gasteiger partial charge on any atom is 0.416 e. The predicted octanol–water partition coefficient (Wildman–Crippen LogP) is 5.15. The molecule has 0 radical (unpaired) electrons. The first-order valence-electron chi connectivity index (χ1n) is 7.72. The van der Waals surface area contributed by atoms with Crippen LogP contribution in [0.1, 0.15) is 30.5 Å². The second kappa shape index (κ2) is 8.20. The van der Waals surface area contributed by atoms with Crippen LogP contribution in [0.5, 0.6) is 5.75 Å². The number of benzene rings is 2. The number of hydrogen-bond donors (Lipinski definition) is 2. The Morgan fingerprint density at radius 2 is 1.68 bits per heavy atom. The highest BCUT2D eigenvalue weighted by atomic mass is 32.1. The van der Waals surface area contributed by atoms with Gasteiger partial charge < -0.3 is 15.4 Å². The molecule has 2 N–H and O–H groups in total. The van der Waals surface area contributed by atoms with Crippen LogP contribution >= 0.6 is 12.2 Å². The molecule has 0 unspecified atom stereocenters. The lowest BCUT2D eigenvalue weighted by Crippen LogP contribution is -2.32. The zero-order chi connectivity index (χ0) is 18.4. The van der Waals surface area contributed by atoms with Gasteiger partial charge in [-0.15, -0.1) is 0 Å². The number of anilines is 1. The summed E-state index contributed by atoms with van der Waals surface area (Å²) in [5, 5.41) is 6.43. The predicted molar refractivity (Wildman–Crippen MR) is 96.8 cm³/mol. The van der Waals surface area contributed by atoms with E-state index >= 15 is 0 Å². The molecule has 1 atom stereocenters. The Morgan fingerprint density at radius 1 is 1.08 bits per heavy atom. The molecule has 134 valence electrons. The van der Waals surface area contributed by atoms with Crippen molar-refractivity contribution < 1.29 is 17.9 Å². The van der Waals surface area contributed by atoms with E-state index in [1.165, 1.54) is 12.1 Å². The highest BCUT2D eigenvalue weighted by Gasteiger charge is 2.29. The van der Waals surface area contributed by atoms with Gasteiger partial charge in [-0.25, -0.2) is 0 Å². The summed E-state index contributed by atoms with van der Waals surface area (Å²) >= 11 is 5.26. The van der Waals surface area contributed by atoms with Gasteiger partial charge in [-0.05, 0) is 60.6 Å². The van der Waals surface area contributed by atoms with E-state index in [9.17, 15) is 13.2 Å². The van der Waals surface area contributed by atoms with Gasteiger partial charge in [0.15, 0.2) is 5.11 Å². The minimum atomic E-state index is -4.35. The van der Waals surface area contributed by atoms with Gasteiger partial charge in [0.25, 0.3) is 0 Å². The SMILES string of the molecule is CC[C@@H](NC(=S)Nc1ccc(C(F)(F)F)cc1)c1ccc(OC)cc1. The van der Waals surface area contributed by atoms with Crippen molar-refractivity contribution in [3.05, 3.63) is 59.7 Å². The zero-order valence-corrected chi connectivity index (χ0v) is 14.7. The van der Waals surface area contributed by atoms with Crippen LogP contribution in [0, 0.1) is 0 Å². The van der Waals surface area contributed by atoms with E-state index < -0.39 is 11.7 Å². The number of hydrogen-bond acceptors (Lipinski definition) is 2. The number of nitrogens with one attached hydrogen (secondary N) is 2. The van der Waals surface area contributed by atoms with Crippen molar-refractivity contribution in [3.63, 3.8) is 0 Å². The molecule has 25 heavy (non-hydrogen) atoms. The summed E-state index contributed by atoms with van der Waals surface area (Å²) in [6.07, 6.45) is -3.56. The standard InChI is InChI=1S/C18H19F3N2OS/c1-3-16(12-4-10-15(24-2)11-5-12)23-17(25)22-14-8-6-13(7-9-14)18(19,20)21/h4-11,16H,3H2,1-2H3,(H2,22,23,25)/t16-/m1/s1. The molecule has 0 spiro atoms. The molecule has 2 aromatic carbocycles. The number of thiocarbonyl (C=S) groups is 1. The average molecular weight is 368 g/mol. The molecule has 0 bridgehead atoms. The van der Waals surface area contributed by atoms with Crippen LogP contribution in [-0.4, -0.2) is 12.2 Å². The van der Waals surface area contributed by atoms with Crippen molar-refractivity contribution in [2.45, 2.75) is 25.6 Å². The summed E-state index contributed by atoms with van der Waals surface area (Å²) in [7, 11) is 1.60. The number of rotatable bonds is 5. The highest BCUT2D eigenvalue weighted by Crippen LogP contribution is 2.29. The molecule has 3 nitrogen and oxygen atoms in total. The van der Waals surface area contributed by atoms with Crippen molar-refractivity contribution in [1.82, 2.24) is 5.32 Å². The van der Waals surface area contributed by atoms with Crippen LogP contribution in [0.3, 0.4) is 0 Å². The van der Waals surface area contributed by atoms with Crippen molar-refractivity contribution in [2.75, 3.05) is 12.4 Å². The summed E-state index contributed by atoms with van der Waals surface area (Å²) in [5.41, 5.74) is 0.844. The quantitative estimate of drug-likeness (QED) is 0.715. The lowest BCUT2D eigenvalue weighted by molar-refractivity contribution is -0.137. The normalized spacial score (nSPS) is 12.4. The molecule has 0 saturated carbocycles. The molecular formula is C18H19F3N2OS. The fourth-order valence-corrected chi connectivity index (χ4v) is 2.59. The number of alkyl halides is 3. The van der Waals surface area contributed by atoms with Crippen LogP contribution in [0.2, 0.25) is 0 Å². The van der Waals surface area contributed by atoms with Crippen LogP contribution in [0.25, 0.3) is 0 Å². The molecule has 0 heterocycles. The van der Waals surface area contributed by atoms with Gasteiger partial charge in [0.2, 0.25) is 0 Å². The van der Waals surface area contributed by atoms with Crippen molar-refractivity contribution in [1.29, 1.82) is 0 Å². The Labute approximate surface area is 150 Å². The first kappa shape index (κ1) is 19.1.